The first-order valence-electron chi connectivity index (χ1n) is 8.33. The fourth-order valence-corrected chi connectivity index (χ4v) is 2.85. The van der Waals surface area contributed by atoms with Gasteiger partial charge in [-0.3, -0.25) is 14.4 Å². The Balaban J connectivity index is 1.86. The molecule has 1 fully saturated rings. The third-order valence-electron chi connectivity index (χ3n) is 4.24. The van der Waals surface area contributed by atoms with Gasteiger partial charge in [0.2, 0.25) is 5.91 Å². The van der Waals surface area contributed by atoms with Crippen LogP contribution in [0.15, 0.2) is 24.3 Å². The third-order valence-corrected chi connectivity index (χ3v) is 4.24. The minimum Gasteiger partial charge on any atom is -0.481 e. The van der Waals surface area contributed by atoms with E-state index in [2.05, 4.69) is 5.32 Å². The number of hydrogen-bond acceptors (Lipinski definition) is 3. The number of rotatable bonds is 6. The van der Waals surface area contributed by atoms with Crippen LogP contribution in [0.3, 0.4) is 0 Å². The van der Waals surface area contributed by atoms with Crippen molar-refractivity contribution in [3.63, 3.8) is 0 Å². The third kappa shape index (κ3) is 5.08. The van der Waals surface area contributed by atoms with E-state index in [9.17, 15) is 14.4 Å². The number of carbonyl (C=O) groups is 3. The molecule has 130 valence electrons. The summed E-state index contributed by atoms with van der Waals surface area (Å²) in [5.41, 5.74) is 1.74. The molecule has 6 nitrogen and oxygen atoms in total. The maximum atomic E-state index is 12.5. The van der Waals surface area contributed by atoms with Gasteiger partial charge in [-0.25, -0.2) is 0 Å². The molecule has 1 aliphatic heterocycles. The highest BCUT2D eigenvalue weighted by molar-refractivity contribution is 5.94. The molecule has 0 spiro atoms. The van der Waals surface area contributed by atoms with Gasteiger partial charge in [0.1, 0.15) is 0 Å². The molecule has 0 aromatic heterocycles. The first kappa shape index (κ1) is 18.0. The SMILES string of the molecule is Cc1ccc(C(=O)N2CCCC(C(=O)NCCCC(=O)O)C2)cc1. The van der Waals surface area contributed by atoms with Crippen molar-refractivity contribution in [2.24, 2.45) is 5.92 Å². The summed E-state index contributed by atoms with van der Waals surface area (Å²) in [6, 6.07) is 7.44. The highest BCUT2D eigenvalue weighted by atomic mass is 16.4. The molecule has 1 heterocycles. The van der Waals surface area contributed by atoms with E-state index in [-0.39, 0.29) is 24.2 Å². The fourth-order valence-electron chi connectivity index (χ4n) is 2.85. The van der Waals surface area contributed by atoms with Crippen LogP contribution in [0.2, 0.25) is 0 Å². The van der Waals surface area contributed by atoms with E-state index in [4.69, 9.17) is 5.11 Å². The minimum atomic E-state index is -0.864. The second kappa shape index (κ2) is 8.47. The second-order valence-corrected chi connectivity index (χ2v) is 6.24. The second-order valence-electron chi connectivity index (χ2n) is 6.24. The smallest absolute Gasteiger partial charge is 0.303 e. The van der Waals surface area contributed by atoms with Crippen LogP contribution in [0.1, 0.15) is 41.6 Å². The number of carboxylic acids is 1. The van der Waals surface area contributed by atoms with Gasteiger partial charge in [0, 0.05) is 31.6 Å². The Morgan fingerprint density at radius 2 is 1.96 bits per heavy atom. The van der Waals surface area contributed by atoms with Gasteiger partial charge in [0.05, 0.1) is 5.92 Å². The van der Waals surface area contributed by atoms with Gasteiger partial charge >= 0.3 is 5.97 Å². The number of nitrogens with one attached hydrogen (secondary N) is 1. The summed E-state index contributed by atoms with van der Waals surface area (Å²) in [6.07, 6.45) is 2.01. The lowest BCUT2D eigenvalue weighted by atomic mass is 9.96. The molecule has 1 atom stereocenters. The average molecular weight is 332 g/mol. The molecule has 1 aliphatic rings. The van der Waals surface area contributed by atoms with E-state index in [1.807, 2.05) is 31.2 Å². The Morgan fingerprint density at radius 1 is 1.25 bits per heavy atom. The molecular weight excluding hydrogens is 308 g/mol. The van der Waals surface area contributed by atoms with Crippen LogP contribution in [0, 0.1) is 12.8 Å². The Kier molecular flexibility index (Phi) is 6.35. The molecule has 0 radical (unpaired) electrons. The quantitative estimate of drug-likeness (QED) is 0.778. The predicted octanol–water partition coefficient (Wildman–Crippen LogP) is 1.83. The zero-order valence-electron chi connectivity index (χ0n) is 14.0. The maximum Gasteiger partial charge on any atom is 0.303 e. The van der Waals surface area contributed by atoms with Crippen LogP contribution < -0.4 is 5.32 Å². The van der Waals surface area contributed by atoms with Gasteiger partial charge in [-0.2, -0.15) is 0 Å². The molecule has 1 aromatic carbocycles. The van der Waals surface area contributed by atoms with E-state index in [1.165, 1.54) is 0 Å². The Morgan fingerprint density at radius 3 is 2.62 bits per heavy atom. The zero-order valence-corrected chi connectivity index (χ0v) is 14.0. The lowest BCUT2D eigenvalue weighted by molar-refractivity contribution is -0.137. The molecular formula is C18H24N2O4. The number of carboxylic acid groups (broad SMARTS) is 1. The summed E-state index contributed by atoms with van der Waals surface area (Å²) in [5, 5.41) is 11.4. The molecule has 2 N–H and O–H groups in total. The molecule has 2 amide bonds. The first-order valence-corrected chi connectivity index (χ1v) is 8.33. The number of piperidine rings is 1. The van der Waals surface area contributed by atoms with Crippen molar-refractivity contribution < 1.29 is 19.5 Å². The zero-order chi connectivity index (χ0) is 17.5. The van der Waals surface area contributed by atoms with Crippen LogP contribution in [0.25, 0.3) is 0 Å². The van der Waals surface area contributed by atoms with Crippen molar-refractivity contribution in [2.75, 3.05) is 19.6 Å². The molecule has 0 aliphatic carbocycles. The van der Waals surface area contributed by atoms with Gasteiger partial charge in [-0.15, -0.1) is 0 Å². The van der Waals surface area contributed by atoms with E-state index in [0.29, 0.717) is 31.6 Å². The monoisotopic (exact) mass is 332 g/mol. The van der Waals surface area contributed by atoms with Crippen molar-refractivity contribution in [1.29, 1.82) is 0 Å². The molecule has 0 saturated carbocycles. The normalized spacial score (nSPS) is 17.4. The highest BCUT2D eigenvalue weighted by Gasteiger charge is 2.28. The van der Waals surface area contributed by atoms with Crippen molar-refractivity contribution in [2.45, 2.75) is 32.6 Å². The summed E-state index contributed by atoms with van der Waals surface area (Å²) >= 11 is 0. The van der Waals surface area contributed by atoms with Crippen molar-refractivity contribution >= 4 is 17.8 Å². The maximum absolute atomic E-state index is 12.5. The van der Waals surface area contributed by atoms with Crippen LogP contribution in [-0.2, 0) is 9.59 Å². The molecule has 1 aromatic rings. The average Bonchev–Trinajstić information content (AvgIpc) is 2.58. The van der Waals surface area contributed by atoms with E-state index in [1.54, 1.807) is 4.90 Å². The van der Waals surface area contributed by atoms with Gasteiger partial charge < -0.3 is 15.3 Å². The summed E-state index contributed by atoms with van der Waals surface area (Å²) in [7, 11) is 0. The molecule has 1 unspecified atom stereocenters. The van der Waals surface area contributed by atoms with Crippen LogP contribution in [0.5, 0.6) is 0 Å². The highest BCUT2D eigenvalue weighted by Crippen LogP contribution is 2.19. The van der Waals surface area contributed by atoms with Gasteiger partial charge in [0.25, 0.3) is 5.91 Å². The number of likely N-dealkylation sites (tertiary alicyclic amines) is 1. The topological polar surface area (TPSA) is 86.7 Å². The summed E-state index contributed by atoms with van der Waals surface area (Å²) in [4.78, 5) is 36.9. The van der Waals surface area contributed by atoms with Crippen molar-refractivity contribution in [3.05, 3.63) is 35.4 Å². The van der Waals surface area contributed by atoms with Gasteiger partial charge in [-0.1, -0.05) is 17.7 Å². The number of aryl methyl sites for hydroxylation is 1. The number of benzene rings is 1. The molecule has 0 bridgehead atoms. The number of carbonyl (C=O) groups excluding carboxylic acids is 2. The lowest BCUT2D eigenvalue weighted by Crippen LogP contribution is -2.45. The summed E-state index contributed by atoms with van der Waals surface area (Å²) < 4.78 is 0. The van der Waals surface area contributed by atoms with Crippen molar-refractivity contribution in [1.82, 2.24) is 10.2 Å². The molecule has 2 rings (SSSR count). The summed E-state index contributed by atoms with van der Waals surface area (Å²) in [6.45, 7) is 3.40. The standard InChI is InChI=1S/C18H24N2O4/c1-13-6-8-14(9-7-13)18(24)20-11-3-4-15(12-20)17(23)19-10-2-5-16(21)22/h6-9,15H,2-5,10-12H2,1H3,(H,19,23)(H,21,22). The lowest BCUT2D eigenvalue weighted by Gasteiger charge is -2.32. The largest absolute Gasteiger partial charge is 0.481 e. The van der Waals surface area contributed by atoms with E-state index < -0.39 is 5.97 Å². The number of amides is 2. The van der Waals surface area contributed by atoms with Gasteiger partial charge in [0.15, 0.2) is 0 Å². The Hall–Kier alpha value is -2.37. The number of hydrogen-bond donors (Lipinski definition) is 2. The van der Waals surface area contributed by atoms with Crippen LogP contribution in [0.4, 0.5) is 0 Å². The molecule has 1 saturated heterocycles. The summed E-state index contributed by atoms with van der Waals surface area (Å²) in [5.74, 6) is -1.23. The Labute approximate surface area is 141 Å². The van der Waals surface area contributed by atoms with E-state index >= 15 is 0 Å². The minimum absolute atomic E-state index is 0.0432. The molecule has 6 heteroatoms. The first-order chi connectivity index (χ1) is 11.5. The van der Waals surface area contributed by atoms with Gasteiger partial charge in [-0.05, 0) is 38.3 Å². The van der Waals surface area contributed by atoms with Crippen LogP contribution in [-0.4, -0.2) is 47.4 Å². The van der Waals surface area contributed by atoms with E-state index in [0.717, 1.165) is 18.4 Å². The van der Waals surface area contributed by atoms with Crippen LogP contribution >= 0.6 is 0 Å². The fraction of sp³-hybridized carbons (Fsp3) is 0.500. The van der Waals surface area contributed by atoms with Crippen molar-refractivity contribution in [3.8, 4) is 0 Å². The number of aliphatic carboxylic acids is 1. The Bertz CT molecular complexity index is 598. The number of nitrogens with zero attached hydrogens (tertiary/aromatic N) is 1. The predicted molar refractivity (Wildman–Crippen MR) is 89.7 cm³/mol. The molecule has 24 heavy (non-hydrogen) atoms.